The average Bonchev–Trinajstić information content (AvgIpc) is 2.73. The fourth-order valence-corrected chi connectivity index (χ4v) is 3.25. The van der Waals surface area contributed by atoms with Gasteiger partial charge in [0.1, 0.15) is 0 Å². The molecule has 1 aromatic carbocycles. The van der Waals surface area contributed by atoms with Crippen molar-refractivity contribution in [1.82, 2.24) is 20.4 Å². The van der Waals surface area contributed by atoms with Crippen LogP contribution < -0.4 is 10.6 Å². The number of nitrogens with one attached hydrogen (secondary N) is 2. The van der Waals surface area contributed by atoms with Gasteiger partial charge < -0.3 is 25.2 Å². The maximum atomic E-state index is 12.1. The Morgan fingerprint density at radius 2 is 2.00 bits per heavy atom. The Balaban J connectivity index is 1.77. The molecule has 0 atom stereocenters. The van der Waals surface area contributed by atoms with Crippen LogP contribution in [0.25, 0.3) is 0 Å². The standard InChI is InChI=1S/C21H33N5O3/c1-5-29-21(28)26-13-10-18(11-14-26)24-20(22-2)23-12-9-16-7-6-8-17(15-16)19(27)25(3)4/h6-8,15,18H,5,9-14H2,1-4H3,(H2,22,23,24). The molecule has 29 heavy (non-hydrogen) atoms. The Kier molecular flexibility index (Phi) is 8.76. The van der Waals surface area contributed by atoms with E-state index in [2.05, 4.69) is 15.6 Å². The fraction of sp³-hybridized carbons (Fsp3) is 0.571. The molecule has 0 aliphatic carbocycles. The molecule has 1 aliphatic rings. The number of carbonyl (C=O) groups excluding carboxylic acids is 2. The Labute approximate surface area is 173 Å². The third kappa shape index (κ3) is 6.96. The van der Waals surface area contributed by atoms with Crippen molar-refractivity contribution >= 4 is 18.0 Å². The summed E-state index contributed by atoms with van der Waals surface area (Å²) >= 11 is 0. The molecule has 2 rings (SSSR count). The summed E-state index contributed by atoms with van der Waals surface area (Å²) in [7, 11) is 5.26. The number of ether oxygens (including phenoxy) is 1. The van der Waals surface area contributed by atoms with E-state index in [1.54, 1.807) is 30.9 Å². The normalized spacial score (nSPS) is 15.0. The van der Waals surface area contributed by atoms with E-state index in [1.807, 2.05) is 31.2 Å². The molecule has 160 valence electrons. The summed E-state index contributed by atoms with van der Waals surface area (Å²) in [4.78, 5) is 31.5. The molecule has 2 amide bonds. The van der Waals surface area contributed by atoms with Gasteiger partial charge in [0.25, 0.3) is 5.91 Å². The maximum Gasteiger partial charge on any atom is 0.409 e. The van der Waals surface area contributed by atoms with Crippen LogP contribution >= 0.6 is 0 Å². The average molecular weight is 404 g/mol. The summed E-state index contributed by atoms with van der Waals surface area (Å²) in [6.07, 6.45) is 2.27. The molecule has 0 unspecified atom stereocenters. The number of hydrogen-bond donors (Lipinski definition) is 2. The van der Waals surface area contributed by atoms with Gasteiger partial charge in [0.05, 0.1) is 6.61 Å². The Morgan fingerprint density at radius 3 is 2.62 bits per heavy atom. The summed E-state index contributed by atoms with van der Waals surface area (Å²) in [6.45, 7) is 4.29. The maximum absolute atomic E-state index is 12.1. The first-order valence-electron chi connectivity index (χ1n) is 10.1. The van der Waals surface area contributed by atoms with Crippen molar-refractivity contribution in [2.24, 2.45) is 4.99 Å². The smallest absolute Gasteiger partial charge is 0.409 e. The van der Waals surface area contributed by atoms with Crippen LogP contribution in [0.5, 0.6) is 0 Å². The van der Waals surface area contributed by atoms with E-state index in [0.717, 1.165) is 30.8 Å². The van der Waals surface area contributed by atoms with Crippen molar-refractivity contribution < 1.29 is 14.3 Å². The fourth-order valence-electron chi connectivity index (χ4n) is 3.25. The second kappa shape index (κ2) is 11.3. The van der Waals surface area contributed by atoms with Crippen molar-refractivity contribution in [2.75, 3.05) is 47.4 Å². The minimum Gasteiger partial charge on any atom is -0.450 e. The SMILES string of the molecule is CCOC(=O)N1CCC(NC(=NC)NCCc2cccc(C(=O)N(C)C)c2)CC1. The third-order valence-corrected chi connectivity index (χ3v) is 4.87. The highest BCUT2D eigenvalue weighted by Gasteiger charge is 2.24. The molecule has 0 spiro atoms. The van der Waals surface area contributed by atoms with Crippen LogP contribution in [0.1, 0.15) is 35.7 Å². The molecule has 0 saturated carbocycles. The quantitative estimate of drug-likeness (QED) is 0.558. The molecule has 2 N–H and O–H groups in total. The molecule has 0 bridgehead atoms. The zero-order chi connectivity index (χ0) is 21.2. The second-order valence-corrected chi connectivity index (χ2v) is 7.25. The van der Waals surface area contributed by atoms with Gasteiger partial charge >= 0.3 is 6.09 Å². The van der Waals surface area contributed by atoms with E-state index in [9.17, 15) is 9.59 Å². The zero-order valence-corrected chi connectivity index (χ0v) is 17.9. The van der Waals surface area contributed by atoms with E-state index in [-0.39, 0.29) is 18.0 Å². The lowest BCUT2D eigenvalue weighted by molar-refractivity contribution is 0.0827. The van der Waals surface area contributed by atoms with E-state index < -0.39 is 0 Å². The highest BCUT2D eigenvalue weighted by molar-refractivity contribution is 5.94. The Hall–Kier alpha value is -2.77. The third-order valence-electron chi connectivity index (χ3n) is 4.87. The van der Waals surface area contributed by atoms with Gasteiger partial charge in [0.15, 0.2) is 5.96 Å². The number of hydrogen-bond acceptors (Lipinski definition) is 4. The van der Waals surface area contributed by atoms with Crippen LogP contribution in [0.15, 0.2) is 29.3 Å². The lowest BCUT2D eigenvalue weighted by atomic mass is 10.1. The summed E-state index contributed by atoms with van der Waals surface area (Å²) < 4.78 is 5.06. The second-order valence-electron chi connectivity index (χ2n) is 7.25. The van der Waals surface area contributed by atoms with Crippen molar-refractivity contribution in [2.45, 2.75) is 32.2 Å². The van der Waals surface area contributed by atoms with Crippen LogP contribution in [0.2, 0.25) is 0 Å². The summed E-state index contributed by atoms with van der Waals surface area (Å²) in [5, 5.41) is 6.76. The molecule has 1 aromatic rings. The molecule has 8 heteroatoms. The predicted octanol–water partition coefficient (Wildman–Crippen LogP) is 1.72. The number of piperidine rings is 1. The van der Waals surface area contributed by atoms with Crippen molar-refractivity contribution in [1.29, 1.82) is 0 Å². The minimum atomic E-state index is -0.233. The van der Waals surface area contributed by atoms with Crippen molar-refractivity contribution in [3.63, 3.8) is 0 Å². The van der Waals surface area contributed by atoms with Crippen LogP contribution in [0.4, 0.5) is 4.79 Å². The number of aliphatic imine (C=N–C) groups is 1. The van der Waals surface area contributed by atoms with Gasteiger partial charge in [-0.25, -0.2) is 4.79 Å². The number of rotatable bonds is 6. The molecule has 8 nitrogen and oxygen atoms in total. The lowest BCUT2D eigenvalue weighted by Gasteiger charge is -2.32. The number of guanidine groups is 1. The predicted molar refractivity (Wildman–Crippen MR) is 114 cm³/mol. The van der Waals surface area contributed by atoms with Crippen molar-refractivity contribution in [3.8, 4) is 0 Å². The molecule has 1 fully saturated rings. The van der Waals surface area contributed by atoms with Gasteiger partial charge in [0.2, 0.25) is 0 Å². The first kappa shape index (κ1) is 22.5. The van der Waals surface area contributed by atoms with E-state index in [0.29, 0.717) is 31.8 Å². The lowest BCUT2D eigenvalue weighted by Crippen LogP contribution is -2.50. The number of nitrogens with zero attached hydrogens (tertiary/aromatic N) is 3. The zero-order valence-electron chi connectivity index (χ0n) is 17.9. The number of amides is 2. The molecule has 1 aliphatic heterocycles. The van der Waals surface area contributed by atoms with Gasteiger partial charge in [-0.1, -0.05) is 12.1 Å². The topological polar surface area (TPSA) is 86.3 Å². The number of carbonyl (C=O) groups is 2. The van der Waals surface area contributed by atoms with E-state index in [1.165, 1.54) is 0 Å². The first-order chi connectivity index (χ1) is 13.9. The monoisotopic (exact) mass is 403 g/mol. The number of benzene rings is 1. The molecule has 0 radical (unpaired) electrons. The van der Waals surface area contributed by atoms with Crippen molar-refractivity contribution in [3.05, 3.63) is 35.4 Å². The summed E-state index contributed by atoms with van der Waals surface area (Å²) in [5.41, 5.74) is 1.80. The number of likely N-dealkylation sites (tertiary alicyclic amines) is 1. The van der Waals surface area contributed by atoms with Crippen LogP contribution in [0, 0.1) is 0 Å². The first-order valence-corrected chi connectivity index (χ1v) is 10.1. The highest BCUT2D eigenvalue weighted by atomic mass is 16.6. The Bertz CT molecular complexity index is 712. The Morgan fingerprint density at radius 1 is 1.28 bits per heavy atom. The van der Waals surface area contributed by atoms with E-state index in [4.69, 9.17) is 4.74 Å². The highest BCUT2D eigenvalue weighted by Crippen LogP contribution is 2.11. The van der Waals surface area contributed by atoms with Gasteiger partial charge in [0, 0.05) is 52.4 Å². The van der Waals surface area contributed by atoms with Crippen LogP contribution in [0.3, 0.4) is 0 Å². The largest absolute Gasteiger partial charge is 0.450 e. The molecule has 1 saturated heterocycles. The molecule has 0 aromatic heterocycles. The summed E-state index contributed by atoms with van der Waals surface area (Å²) in [6, 6.07) is 7.98. The van der Waals surface area contributed by atoms with Crippen LogP contribution in [-0.2, 0) is 11.2 Å². The van der Waals surface area contributed by atoms with Gasteiger partial charge in [-0.15, -0.1) is 0 Å². The minimum absolute atomic E-state index is 0.00597. The van der Waals surface area contributed by atoms with Gasteiger partial charge in [-0.05, 0) is 43.9 Å². The molecule has 1 heterocycles. The van der Waals surface area contributed by atoms with Crippen LogP contribution in [-0.4, -0.2) is 81.2 Å². The van der Waals surface area contributed by atoms with E-state index >= 15 is 0 Å². The van der Waals surface area contributed by atoms with Gasteiger partial charge in [-0.3, -0.25) is 9.79 Å². The summed E-state index contributed by atoms with van der Waals surface area (Å²) in [5.74, 6) is 0.756. The molecular weight excluding hydrogens is 370 g/mol. The van der Waals surface area contributed by atoms with Gasteiger partial charge in [-0.2, -0.15) is 0 Å². The molecular formula is C21H33N5O3.